The second-order valence-corrected chi connectivity index (χ2v) is 12.1. The van der Waals surface area contributed by atoms with E-state index in [0.717, 1.165) is 57.8 Å². The highest BCUT2D eigenvalue weighted by molar-refractivity contribution is 5.69. The van der Waals surface area contributed by atoms with Crippen LogP contribution in [0.3, 0.4) is 0 Å². The van der Waals surface area contributed by atoms with Crippen molar-refractivity contribution in [3.8, 4) is 0 Å². The molecule has 0 aliphatic carbocycles. The quantitative estimate of drug-likeness (QED) is 0.0501. The van der Waals surface area contributed by atoms with Crippen molar-refractivity contribution in [1.29, 1.82) is 0 Å². The minimum atomic E-state index is -0.683. The van der Waals surface area contributed by atoms with E-state index in [-0.39, 0.29) is 12.1 Å². The van der Waals surface area contributed by atoms with E-state index in [1.165, 1.54) is 116 Å². The van der Waals surface area contributed by atoms with E-state index < -0.39 is 5.97 Å². The first-order valence-electron chi connectivity index (χ1n) is 17.7. The zero-order chi connectivity index (χ0) is 29.4. The van der Waals surface area contributed by atoms with Crippen LogP contribution in [-0.4, -0.2) is 23.1 Å². The average Bonchev–Trinajstić information content (AvgIpc) is 2.93. The molecule has 0 aromatic rings. The van der Waals surface area contributed by atoms with Crippen molar-refractivity contribution in [2.24, 2.45) is 0 Å². The van der Waals surface area contributed by atoms with Crippen LogP contribution in [0.2, 0.25) is 0 Å². The second kappa shape index (κ2) is 32.2. The molecular formula is C36H68O4. The van der Waals surface area contributed by atoms with Gasteiger partial charge in [-0.05, 0) is 64.2 Å². The van der Waals surface area contributed by atoms with Crippen LogP contribution in [0.25, 0.3) is 0 Å². The molecular weight excluding hydrogens is 496 g/mol. The van der Waals surface area contributed by atoms with E-state index in [2.05, 4.69) is 26.0 Å². The number of carbonyl (C=O) groups is 2. The lowest BCUT2D eigenvalue weighted by Crippen LogP contribution is -2.18. The van der Waals surface area contributed by atoms with E-state index >= 15 is 0 Å². The Morgan fingerprint density at radius 2 is 0.900 bits per heavy atom. The molecule has 236 valence electrons. The summed E-state index contributed by atoms with van der Waals surface area (Å²) in [5.74, 6) is -0.669. The Labute approximate surface area is 249 Å². The van der Waals surface area contributed by atoms with Crippen molar-refractivity contribution in [2.75, 3.05) is 0 Å². The molecule has 0 aliphatic heterocycles. The normalized spacial score (nSPS) is 12.2. The maximum atomic E-state index is 12.5. The fraction of sp³-hybridized carbons (Fsp3) is 0.889. The van der Waals surface area contributed by atoms with E-state index in [0.29, 0.717) is 12.8 Å². The summed E-state index contributed by atoms with van der Waals surface area (Å²) in [6.07, 6.45) is 38.1. The highest BCUT2D eigenvalue weighted by Crippen LogP contribution is 2.18. The van der Waals surface area contributed by atoms with Gasteiger partial charge in [0.15, 0.2) is 0 Å². The first kappa shape index (κ1) is 38.7. The molecule has 0 unspecified atom stereocenters. The van der Waals surface area contributed by atoms with Gasteiger partial charge in [-0.3, -0.25) is 9.59 Å². The molecule has 0 aromatic carbocycles. The Morgan fingerprint density at radius 3 is 1.38 bits per heavy atom. The monoisotopic (exact) mass is 565 g/mol. The minimum Gasteiger partial charge on any atom is -0.481 e. The van der Waals surface area contributed by atoms with E-state index in [1.54, 1.807) is 0 Å². The lowest BCUT2D eigenvalue weighted by atomic mass is 10.0. The summed E-state index contributed by atoms with van der Waals surface area (Å²) < 4.78 is 5.95. The largest absolute Gasteiger partial charge is 0.481 e. The van der Waals surface area contributed by atoms with Crippen LogP contribution in [0.5, 0.6) is 0 Å². The van der Waals surface area contributed by atoms with Gasteiger partial charge >= 0.3 is 11.9 Å². The molecule has 0 aromatic heterocycles. The van der Waals surface area contributed by atoms with E-state index in [1.807, 2.05) is 0 Å². The van der Waals surface area contributed by atoms with Crippen LogP contribution in [-0.2, 0) is 14.3 Å². The topological polar surface area (TPSA) is 63.6 Å². The number of allylic oxidation sites excluding steroid dienone is 2. The number of carbonyl (C=O) groups excluding carboxylic acids is 1. The number of rotatable bonds is 32. The number of hydrogen-bond acceptors (Lipinski definition) is 3. The van der Waals surface area contributed by atoms with Crippen LogP contribution in [0.4, 0.5) is 0 Å². The highest BCUT2D eigenvalue weighted by Gasteiger charge is 2.14. The second-order valence-electron chi connectivity index (χ2n) is 12.1. The first-order valence-corrected chi connectivity index (χ1v) is 17.7. The molecule has 0 spiro atoms. The molecule has 0 amide bonds. The SMILES string of the molecule is CCCCCCCC/C=C\CCCCCCCC(=O)O[C@@H](CCCCCC)CCCCCCCCCCC(=O)O. The molecule has 4 nitrogen and oxygen atoms in total. The predicted molar refractivity (Wildman–Crippen MR) is 172 cm³/mol. The summed E-state index contributed by atoms with van der Waals surface area (Å²) in [6, 6.07) is 0. The van der Waals surface area contributed by atoms with Gasteiger partial charge in [0, 0.05) is 12.8 Å². The maximum absolute atomic E-state index is 12.5. The van der Waals surface area contributed by atoms with Gasteiger partial charge in [0.05, 0.1) is 0 Å². The molecule has 0 radical (unpaired) electrons. The molecule has 0 saturated heterocycles. The summed E-state index contributed by atoms with van der Waals surface area (Å²) in [5, 5.41) is 8.70. The van der Waals surface area contributed by atoms with Gasteiger partial charge in [0.2, 0.25) is 0 Å². The average molecular weight is 565 g/mol. The van der Waals surface area contributed by atoms with Crippen molar-refractivity contribution < 1.29 is 19.4 Å². The summed E-state index contributed by atoms with van der Waals surface area (Å²) in [5.41, 5.74) is 0. The van der Waals surface area contributed by atoms with Crippen molar-refractivity contribution in [1.82, 2.24) is 0 Å². The number of carboxylic acid groups (broad SMARTS) is 1. The predicted octanol–water partition coefficient (Wildman–Crippen LogP) is 11.9. The first-order chi connectivity index (χ1) is 19.6. The summed E-state index contributed by atoms with van der Waals surface area (Å²) in [6.45, 7) is 4.51. The van der Waals surface area contributed by atoms with Gasteiger partial charge in [-0.25, -0.2) is 0 Å². The summed E-state index contributed by atoms with van der Waals surface area (Å²) >= 11 is 0. The van der Waals surface area contributed by atoms with Crippen LogP contribution in [0.15, 0.2) is 12.2 Å². The third-order valence-electron chi connectivity index (χ3n) is 7.99. The van der Waals surface area contributed by atoms with Gasteiger partial charge in [-0.2, -0.15) is 0 Å². The molecule has 0 fully saturated rings. The van der Waals surface area contributed by atoms with Crippen LogP contribution >= 0.6 is 0 Å². The fourth-order valence-corrected chi connectivity index (χ4v) is 5.35. The molecule has 4 heteroatoms. The lowest BCUT2D eigenvalue weighted by molar-refractivity contribution is -0.150. The van der Waals surface area contributed by atoms with Crippen molar-refractivity contribution in [2.45, 2.75) is 206 Å². The molecule has 0 bridgehead atoms. The lowest BCUT2D eigenvalue weighted by Gasteiger charge is -2.18. The van der Waals surface area contributed by atoms with Crippen LogP contribution < -0.4 is 0 Å². The molecule has 0 rings (SSSR count). The Morgan fingerprint density at radius 1 is 0.525 bits per heavy atom. The number of unbranched alkanes of at least 4 members (excludes halogenated alkanes) is 21. The fourth-order valence-electron chi connectivity index (χ4n) is 5.35. The van der Waals surface area contributed by atoms with E-state index in [4.69, 9.17) is 9.84 Å². The molecule has 0 aliphatic rings. The third-order valence-corrected chi connectivity index (χ3v) is 7.99. The Kier molecular flexibility index (Phi) is 31.1. The molecule has 0 heterocycles. The smallest absolute Gasteiger partial charge is 0.306 e. The Balaban J connectivity index is 3.83. The van der Waals surface area contributed by atoms with Crippen LogP contribution in [0.1, 0.15) is 200 Å². The van der Waals surface area contributed by atoms with Crippen LogP contribution in [0, 0.1) is 0 Å². The summed E-state index contributed by atoms with van der Waals surface area (Å²) in [7, 11) is 0. The number of esters is 1. The number of carboxylic acids is 1. The van der Waals surface area contributed by atoms with Gasteiger partial charge < -0.3 is 9.84 Å². The van der Waals surface area contributed by atoms with Crippen molar-refractivity contribution in [3.63, 3.8) is 0 Å². The van der Waals surface area contributed by atoms with Gasteiger partial charge in [-0.1, -0.05) is 135 Å². The Bertz CT molecular complexity index is 571. The maximum Gasteiger partial charge on any atom is 0.306 e. The van der Waals surface area contributed by atoms with Gasteiger partial charge in [0.1, 0.15) is 6.10 Å². The van der Waals surface area contributed by atoms with E-state index in [9.17, 15) is 9.59 Å². The number of aliphatic carboxylic acids is 1. The van der Waals surface area contributed by atoms with Crippen molar-refractivity contribution >= 4 is 11.9 Å². The molecule has 0 saturated carbocycles. The summed E-state index contributed by atoms with van der Waals surface area (Å²) in [4.78, 5) is 23.1. The highest BCUT2D eigenvalue weighted by atomic mass is 16.5. The Hall–Kier alpha value is -1.32. The number of ether oxygens (including phenoxy) is 1. The number of hydrogen-bond donors (Lipinski definition) is 1. The van der Waals surface area contributed by atoms with Gasteiger partial charge in [0.25, 0.3) is 0 Å². The standard InChI is InChI=1S/C36H68O4/c1-3-5-7-9-10-11-12-13-14-15-16-17-22-25-29-33-36(39)40-34(30-26-8-6-4-2)31-27-23-20-18-19-21-24-28-32-35(37)38/h13-14,34H,3-12,15-33H2,1-2H3,(H,37,38)/b14-13-/t34-/m0/s1. The zero-order valence-corrected chi connectivity index (χ0v) is 26.9. The molecule has 1 N–H and O–H groups in total. The molecule has 40 heavy (non-hydrogen) atoms. The zero-order valence-electron chi connectivity index (χ0n) is 26.9. The van der Waals surface area contributed by atoms with Gasteiger partial charge in [-0.15, -0.1) is 0 Å². The van der Waals surface area contributed by atoms with Crippen molar-refractivity contribution in [3.05, 3.63) is 12.2 Å². The molecule has 1 atom stereocenters. The third kappa shape index (κ3) is 31.2. The minimum absolute atomic E-state index is 0.0134.